The summed E-state index contributed by atoms with van der Waals surface area (Å²) < 4.78 is 8.12. The molecule has 162 valence electrons. The Hall–Kier alpha value is -3.41. The van der Waals surface area contributed by atoms with Crippen LogP contribution in [0.4, 0.5) is 0 Å². The minimum absolute atomic E-state index is 0.0527. The highest BCUT2D eigenvalue weighted by Crippen LogP contribution is 2.32. The van der Waals surface area contributed by atoms with Crippen LogP contribution in [-0.2, 0) is 26.7 Å². The normalized spacial score (nSPS) is 15.9. The fraction of sp³-hybridized carbons (Fsp3) is 0.222. The Morgan fingerprint density at radius 1 is 1.19 bits per heavy atom. The third-order valence-corrected chi connectivity index (χ3v) is 6.09. The van der Waals surface area contributed by atoms with Crippen molar-refractivity contribution in [3.8, 4) is 5.75 Å². The maximum atomic E-state index is 10.0. The van der Waals surface area contributed by atoms with Crippen molar-refractivity contribution in [2.24, 2.45) is 7.05 Å². The topological polar surface area (TPSA) is 59.3 Å². The van der Waals surface area contributed by atoms with E-state index in [1.165, 1.54) is 11.1 Å². The summed E-state index contributed by atoms with van der Waals surface area (Å²) in [4.78, 5) is 4.48. The zero-order valence-electron chi connectivity index (χ0n) is 18.2. The Morgan fingerprint density at radius 2 is 2.06 bits per heavy atom. The summed E-state index contributed by atoms with van der Waals surface area (Å²) in [6.45, 7) is 1.34. The van der Waals surface area contributed by atoms with E-state index >= 15 is 0 Å². The van der Waals surface area contributed by atoms with E-state index in [0.29, 0.717) is 6.61 Å². The molecule has 2 aromatic carbocycles. The Balaban J connectivity index is 1.42. The molecular formula is C27H27N3O2. The van der Waals surface area contributed by atoms with Crippen molar-refractivity contribution < 1.29 is 9.84 Å². The molecule has 0 spiro atoms. The number of aliphatic hydroxyl groups excluding tert-OH is 1. The molecule has 5 nitrogen and oxygen atoms in total. The number of hydrogen-bond donors (Lipinski definition) is 2. The van der Waals surface area contributed by atoms with Crippen molar-refractivity contribution in [1.29, 1.82) is 0 Å². The predicted octanol–water partition coefficient (Wildman–Crippen LogP) is 4.54. The van der Waals surface area contributed by atoms with Gasteiger partial charge in [-0.1, -0.05) is 42.5 Å². The molecule has 2 aromatic heterocycles. The number of aliphatic hydroxyl groups is 1. The van der Waals surface area contributed by atoms with Gasteiger partial charge in [-0.15, -0.1) is 0 Å². The van der Waals surface area contributed by atoms with Crippen LogP contribution >= 0.6 is 0 Å². The lowest BCUT2D eigenvalue weighted by Gasteiger charge is -2.26. The monoisotopic (exact) mass is 425 g/mol. The number of rotatable bonds is 6. The number of hydrogen-bond acceptors (Lipinski definition) is 4. The minimum atomic E-state index is -0.0527. The van der Waals surface area contributed by atoms with Gasteiger partial charge in [-0.3, -0.25) is 0 Å². The first kappa shape index (κ1) is 20.5. The van der Waals surface area contributed by atoms with E-state index in [1.807, 2.05) is 60.4 Å². The minimum Gasteiger partial charge on any atom is -0.489 e. The molecule has 0 fully saturated rings. The van der Waals surface area contributed by atoms with Gasteiger partial charge in [0.15, 0.2) is 0 Å². The fourth-order valence-electron chi connectivity index (χ4n) is 4.36. The van der Waals surface area contributed by atoms with Gasteiger partial charge in [-0.05, 0) is 52.9 Å². The highest BCUT2D eigenvalue weighted by Gasteiger charge is 2.20. The first-order valence-electron chi connectivity index (χ1n) is 11.0. The van der Waals surface area contributed by atoms with E-state index in [4.69, 9.17) is 4.74 Å². The number of nitrogens with one attached hydrogen (secondary N) is 1. The Labute approximate surface area is 188 Å². The molecule has 0 saturated heterocycles. The quantitative estimate of drug-likeness (QED) is 0.476. The van der Waals surface area contributed by atoms with Crippen LogP contribution in [0.2, 0.25) is 0 Å². The number of aryl methyl sites for hydroxylation is 1. The number of benzene rings is 2. The van der Waals surface area contributed by atoms with Crippen LogP contribution in [0, 0.1) is 0 Å². The third-order valence-electron chi connectivity index (χ3n) is 6.09. The number of ether oxygens (including phenoxy) is 1. The second-order valence-electron chi connectivity index (χ2n) is 8.20. The van der Waals surface area contributed by atoms with E-state index in [2.05, 4.69) is 40.7 Å². The smallest absolute Gasteiger partial charge is 0.140 e. The molecule has 0 saturated carbocycles. The summed E-state index contributed by atoms with van der Waals surface area (Å²) in [5, 5.41) is 14.7. The molecule has 0 amide bonds. The Bertz CT molecular complexity index is 1260. The summed E-state index contributed by atoms with van der Waals surface area (Å²) in [7, 11) is 2.01. The van der Waals surface area contributed by atoms with Gasteiger partial charge in [0, 0.05) is 36.9 Å². The first-order valence-corrected chi connectivity index (χ1v) is 11.0. The van der Waals surface area contributed by atoms with E-state index in [-0.39, 0.29) is 12.6 Å². The van der Waals surface area contributed by atoms with Gasteiger partial charge < -0.3 is 19.7 Å². The maximum Gasteiger partial charge on any atom is 0.140 e. The number of aromatic nitrogens is 2. The van der Waals surface area contributed by atoms with Crippen molar-refractivity contribution in [1.82, 2.24) is 14.9 Å². The first-order chi connectivity index (χ1) is 15.7. The molecule has 4 aromatic rings. The molecule has 1 aliphatic rings. The summed E-state index contributed by atoms with van der Waals surface area (Å²) >= 11 is 0. The van der Waals surface area contributed by atoms with Crippen molar-refractivity contribution in [3.05, 3.63) is 101 Å². The van der Waals surface area contributed by atoms with Crippen LogP contribution in [0.5, 0.6) is 5.75 Å². The van der Waals surface area contributed by atoms with Crippen LogP contribution in [0.25, 0.3) is 17.1 Å². The van der Waals surface area contributed by atoms with Gasteiger partial charge in [0.25, 0.3) is 0 Å². The van der Waals surface area contributed by atoms with Gasteiger partial charge in [-0.25, -0.2) is 4.98 Å². The van der Waals surface area contributed by atoms with Gasteiger partial charge in [0.1, 0.15) is 18.0 Å². The molecule has 0 aliphatic carbocycles. The van der Waals surface area contributed by atoms with Crippen molar-refractivity contribution in [2.45, 2.75) is 25.7 Å². The Kier molecular flexibility index (Phi) is 5.75. The molecule has 32 heavy (non-hydrogen) atoms. The molecule has 3 heterocycles. The zero-order valence-corrected chi connectivity index (χ0v) is 18.2. The van der Waals surface area contributed by atoms with E-state index in [1.54, 1.807) is 0 Å². The molecule has 2 N–H and O–H groups in total. The van der Waals surface area contributed by atoms with E-state index < -0.39 is 0 Å². The van der Waals surface area contributed by atoms with Crippen molar-refractivity contribution in [2.75, 3.05) is 6.54 Å². The van der Waals surface area contributed by atoms with Crippen LogP contribution in [0.3, 0.4) is 0 Å². The zero-order chi connectivity index (χ0) is 21.9. The average Bonchev–Trinajstić information content (AvgIpc) is 3.22. The third kappa shape index (κ3) is 4.05. The number of fused-ring (bicyclic) bond motifs is 2. The van der Waals surface area contributed by atoms with Crippen molar-refractivity contribution in [3.63, 3.8) is 0 Å². The molecule has 0 bridgehead atoms. The fourth-order valence-corrected chi connectivity index (χ4v) is 4.36. The SMILES string of the molecule is Cn1ccc2c(/C=C/C3NCCc4cc(OCc5ccccc5)c(CO)cc43)ccnc21. The van der Waals surface area contributed by atoms with E-state index in [9.17, 15) is 5.11 Å². The molecular weight excluding hydrogens is 398 g/mol. The maximum absolute atomic E-state index is 10.0. The van der Waals surface area contributed by atoms with Crippen LogP contribution in [0.15, 0.2) is 73.1 Å². The Morgan fingerprint density at radius 3 is 2.91 bits per heavy atom. The van der Waals surface area contributed by atoms with E-state index in [0.717, 1.165) is 46.4 Å². The van der Waals surface area contributed by atoms with Crippen LogP contribution in [-0.4, -0.2) is 21.2 Å². The lowest BCUT2D eigenvalue weighted by molar-refractivity contribution is 0.258. The molecule has 1 unspecified atom stereocenters. The summed E-state index contributed by atoms with van der Waals surface area (Å²) in [6, 6.07) is 18.5. The number of nitrogens with zero attached hydrogens (tertiary/aromatic N) is 2. The second kappa shape index (κ2) is 8.99. The predicted molar refractivity (Wildman–Crippen MR) is 127 cm³/mol. The molecule has 1 atom stereocenters. The van der Waals surface area contributed by atoms with Crippen molar-refractivity contribution >= 4 is 17.1 Å². The molecule has 5 rings (SSSR count). The van der Waals surface area contributed by atoms with Gasteiger partial charge >= 0.3 is 0 Å². The second-order valence-corrected chi connectivity index (χ2v) is 8.20. The van der Waals surface area contributed by atoms with Gasteiger partial charge in [0.2, 0.25) is 0 Å². The average molecular weight is 426 g/mol. The summed E-state index contributed by atoms with van der Waals surface area (Å²) in [5.74, 6) is 0.764. The summed E-state index contributed by atoms with van der Waals surface area (Å²) in [6.07, 6.45) is 9.18. The van der Waals surface area contributed by atoms with Gasteiger partial charge in [-0.2, -0.15) is 0 Å². The summed E-state index contributed by atoms with van der Waals surface area (Å²) in [5.41, 5.74) is 6.51. The highest BCUT2D eigenvalue weighted by molar-refractivity contribution is 5.86. The lowest BCUT2D eigenvalue weighted by atomic mass is 9.91. The molecule has 1 aliphatic heterocycles. The van der Waals surface area contributed by atoms with Crippen LogP contribution in [0.1, 0.15) is 33.9 Å². The standard InChI is InChI=1S/C27H27N3O2/c1-30-14-11-23-20(9-13-29-27(23)30)7-8-25-24-15-22(17-31)26(16-21(24)10-12-28-25)32-18-19-5-3-2-4-6-19/h2-9,11,13-16,25,28,31H,10,12,17-18H2,1H3/b8-7+. The van der Waals surface area contributed by atoms with Crippen LogP contribution < -0.4 is 10.1 Å². The number of pyridine rings is 1. The molecule has 5 heteroatoms. The van der Waals surface area contributed by atoms with Gasteiger partial charge in [0.05, 0.1) is 12.6 Å². The highest BCUT2D eigenvalue weighted by atomic mass is 16.5. The molecule has 0 radical (unpaired) electrons. The lowest BCUT2D eigenvalue weighted by Crippen LogP contribution is -2.28. The largest absolute Gasteiger partial charge is 0.489 e.